The van der Waals surface area contributed by atoms with E-state index in [-0.39, 0.29) is 12.1 Å². The molecule has 1 fully saturated rings. The number of ether oxygens (including phenoxy) is 1. The molecule has 3 unspecified atom stereocenters. The lowest BCUT2D eigenvalue weighted by atomic mass is 10.1. The second-order valence-corrected chi connectivity index (χ2v) is 5.90. The molecular weight excluding hydrogens is 292 g/mol. The van der Waals surface area contributed by atoms with Gasteiger partial charge in [0.25, 0.3) is 0 Å². The van der Waals surface area contributed by atoms with Gasteiger partial charge in [-0.15, -0.1) is 0 Å². The number of benzene rings is 1. The van der Waals surface area contributed by atoms with Crippen LogP contribution in [-0.4, -0.2) is 25.8 Å². The molecular formula is C14H21BrN2O. The highest BCUT2D eigenvalue weighted by Crippen LogP contribution is 2.32. The van der Waals surface area contributed by atoms with E-state index in [1.807, 2.05) is 6.92 Å². The van der Waals surface area contributed by atoms with Crippen LogP contribution >= 0.6 is 15.9 Å². The number of nitrogens with two attached hydrogens (primary N) is 1. The van der Waals surface area contributed by atoms with E-state index < -0.39 is 0 Å². The van der Waals surface area contributed by atoms with Crippen molar-refractivity contribution in [1.29, 1.82) is 0 Å². The van der Waals surface area contributed by atoms with Crippen LogP contribution in [0.15, 0.2) is 22.7 Å². The lowest BCUT2D eigenvalue weighted by Gasteiger charge is -2.30. The highest BCUT2D eigenvalue weighted by molar-refractivity contribution is 9.10. The molecule has 2 N–H and O–H groups in total. The molecule has 0 aromatic heterocycles. The molecule has 0 amide bonds. The summed E-state index contributed by atoms with van der Waals surface area (Å²) in [5.41, 5.74) is 8.24. The summed E-state index contributed by atoms with van der Waals surface area (Å²) < 4.78 is 6.73. The summed E-state index contributed by atoms with van der Waals surface area (Å²) >= 11 is 3.65. The molecule has 1 aliphatic rings. The minimum atomic E-state index is 0.0643. The van der Waals surface area contributed by atoms with Crippen molar-refractivity contribution in [3.63, 3.8) is 0 Å². The van der Waals surface area contributed by atoms with E-state index in [4.69, 9.17) is 10.5 Å². The van der Waals surface area contributed by atoms with E-state index in [0.717, 1.165) is 23.1 Å². The van der Waals surface area contributed by atoms with Gasteiger partial charge in [-0.3, -0.25) is 0 Å². The van der Waals surface area contributed by atoms with Crippen molar-refractivity contribution in [3.05, 3.63) is 28.2 Å². The quantitative estimate of drug-likeness (QED) is 0.932. The van der Waals surface area contributed by atoms with Crippen LogP contribution in [0.5, 0.6) is 0 Å². The van der Waals surface area contributed by atoms with Gasteiger partial charge < -0.3 is 15.4 Å². The van der Waals surface area contributed by atoms with Crippen LogP contribution in [0.4, 0.5) is 5.69 Å². The SMILES string of the molecule is CC(N)c1ccc(N(C)C2CCOC2C)c(Br)c1. The maximum absolute atomic E-state index is 5.90. The van der Waals surface area contributed by atoms with E-state index in [1.54, 1.807) is 0 Å². The van der Waals surface area contributed by atoms with Gasteiger partial charge in [-0.05, 0) is 53.9 Å². The first-order chi connectivity index (χ1) is 8.50. The fourth-order valence-electron chi connectivity index (χ4n) is 2.50. The Bertz CT molecular complexity index is 422. The molecule has 3 nitrogen and oxygen atoms in total. The van der Waals surface area contributed by atoms with Crippen LogP contribution in [-0.2, 0) is 4.74 Å². The Morgan fingerprint density at radius 1 is 1.50 bits per heavy atom. The van der Waals surface area contributed by atoms with Gasteiger partial charge in [-0.2, -0.15) is 0 Å². The zero-order valence-electron chi connectivity index (χ0n) is 11.2. The number of anilines is 1. The predicted octanol–water partition coefficient (Wildman–Crippen LogP) is 3.08. The second kappa shape index (κ2) is 5.59. The third kappa shape index (κ3) is 2.71. The van der Waals surface area contributed by atoms with Crippen molar-refractivity contribution < 1.29 is 4.74 Å². The highest BCUT2D eigenvalue weighted by atomic mass is 79.9. The van der Waals surface area contributed by atoms with Crippen LogP contribution in [0.2, 0.25) is 0 Å². The van der Waals surface area contributed by atoms with Crippen molar-refractivity contribution in [1.82, 2.24) is 0 Å². The minimum Gasteiger partial charge on any atom is -0.376 e. The second-order valence-electron chi connectivity index (χ2n) is 5.04. The number of hydrogen-bond donors (Lipinski definition) is 1. The summed E-state index contributed by atoms with van der Waals surface area (Å²) in [7, 11) is 2.13. The van der Waals surface area contributed by atoms with Crippen molar-refractivity contribution in [2.24, 2.45) is 5.73 Å². The van der Waals surface area contributed by atoms with Gasteiger partial charge in [0.15, 0.2) is 0 Å². The molecule has 1 saturated heterocycles. The van der Waals surface area contributed by atoms with Crippen LogP contribution < -0.4 is 10.6 Å². The topological polar surface area (TPSA) is 38.5 Å². The molecule has 0 saturated carbocycles. The summed E-state index contributed by atoms with van der Waals surface area (Å²) in [5, 5.41) is 0. The van der Waals surface area contributed by atoms with Crippen molar-refractivity contribution in [2.45, 2.75) is 38.5 Å². The third-order valence-electron chi connectivity index (χ3n) is 3.71. The molecule has 18 heavy (non-hydrogen) atoms. The van der Waals surface area contributed by atoms with E-state index in [0.29, 0.717) is 6.04 Å². The van der Waals surface area contributed by atoms with E-state index in [9.17, 15) is 0 Å². The summed E-state index contributed by atoms with van der Waals surface area (Å²) in [6.07, 6.45) is 1.37. The Labute approximate surface area is 117 Å². The lowest BCUT2D eigenvalue weighted by Crippen LogP contribution is -2.36. The Morgan fingerprint density at radius 3 is 2.72 bits per heavy atom. The zero-order chi connectivity index (χ0) is 13.3. The maximum Gasteiger partial charge on any atom is 0.0750 e. The summed E-state index contributed by atoms with van der Waals surface area (Å²) in [6.45, 7) is 4.99. The highest BCUT2D eigenvalue weighted by Gasteiger charge is 2.28. The molecule has 0 radical (unpaired) electrons. The number of likely N-dealkylation sites (N-methyl/N-ethyl adjacent to an activating group) is 1. The van der Waals surface area contributed by atoms with Crippen molar-refractivity contribution in [3.8, 4) is 0 Å². The molecule has 4 heteroatoms. The summed E-state index contributed by atoms with van der Waals surface area (Å²) in [6, 6.07) is 6.85. The van der Waals surface area contributed by atoms with Crippen LogP contribution in [0, 0.1) is 0 Å². The van der Waals surface area contributed by atoms with Gasteiger partial charge in [0, 0.05) is 24.2 Å². The van der Waals surface area contributed by atoms with Crippen molar-refractivity contribution in [2.75, 3.05) is 18.6 Å². The lowest BCUT2D eigenvalue weighted by molar-refractivity contribution is 0.118. The fraction of sp³-hybridized carbons (Fsp3) is 0.571. The number of hydrogen-bond acceptors (Lipinski definition) is 3. The molecule has 1 heterocycles. The largest absolute Gasteiger partial charge is 0.376 e. The first-order valence-corrected chi connectivity index (χ1v) is 7.19. The monoisotopic (exact) mass is 312 g/mol. The molecule has 1 aromatic carbocycles. The Hall–Kier alpha value is -0.580. The molecule has 2 rings (SSSR count). The van der Waals surface area contributed by atoms with Crippen LogP contribution in [0.1, 0.15) is 31.9 Å². The van der Waals surface area contributed by atoms with E-state index in [1.165, 1.54) is 5.69 Å². The average Bonchev–Trinajstić information content (AvgIpc) is 2.74. The number of nitrogens with zero attached hydrogens (tertiary/aromatic N) is 1. The minimum absolute atomic E-state index is 0.0643. The average molecular weight is 313 g/mol. The molecule has 0 spiro atoms. The number of rotatable bonds is 3. The normalized spacial score (nSPS) is 25.2. The zero-order valence-corrected chi connectivity index (χ0v) is 12.8. The number of halogens is 1. The van der Waals surface area contributed by atoms with Crippen LogP contribution in [0.25, 0.3) is 0 Å². The molecule has 0 aliphatic carbocycles. The van der Waals surface area contributed by atoms with E-state index >= 15 is 0 Å². The van der Waals surface area contributed by atoms with Gasteiger partial charge in [0.2, 0.25) is 0 Å². The van der Waals surface area contributed by atoms with E-state index in [2.05, 4.69) is 53.0 Å². The molecule has 100 valence electrons. The molecule has 1 aliphatic heterocycles. The molecule has 3 atom stereocenters. The predicted molar refractivity (Wildman–Crippen MR) is 79.0 cm³/mol. The summed E-state index contributed by atoms with van der Waals surface area (Å²) in [4.78, 5) is 2.30. The Kier molecular flexibility index (Phi) is 4.30. The first kappa shape index (κ1) is 13.8. The first-order valence-electron chi connectivity index (χ1n) is 6.40. The van der Waals surface area contributed by atoms with Crippen LogP contribution in [0.3, 0.4) is 0 Å². The maximum atomic E-state index is 5.90. The molecule has 1 aromatic rings. The Balaban J connectivity index is 2.22. The van der Waals surface area contributed by atoms with Gasteiger partial charge in [0.1, 0.15) is 0 Å². The van der Waals surface area contributed by atoms with Gasteiger partial charge in [-0.25, -0.2) is 0 Å². The Morgan fingerprint density at radius 2 is 2.22 bits per heavy atom. The van der Waals surface area contributed by atoms with Gasteiger partial charge in [-0.1, -0.05) is 6.07 Å². The van der Waals surface area contributed by atoms with Crippen molar-refractivity contribution >= 4 is 21.6 Å². The fourth-order valence-corrected chi connectivity index (χ4v) is 3.18. The molecule has 0 bridgehead atoms. The van der Waals surface area contributed by atoms with Gasteiger partial charge >= 0.3 is 0 Å². The third-order valence-corrected chi connectivity index (χ3v) is 4.35. The smallest absolute Gasteiger partial charge is 0.0750 e. The standard InChI is InChI=1S/C14H21BrN2O/c1-9(16)11-4-5-14(12(15)8-11)17(3)13-6-7-18-10(13)2/h4-5,8-10,13H,6-7,16H2,1-3H3. The summed E-state index contributed by atoms with van der Waals surface area (Å²) in [5.74, 6) is 0. The van der Waals surface area contributed by atoms with Gasteiger partial charge in [0.05, 0.1) is 17.8 Å².